The van der Waals surface area contributed by atoms with E-state index in [9.17, 15) is 13.9 Å². The van der Waals surface area contributed by atoms with Gasteiger partial charge in [0.15, 0.2) is 11.6 Å². The van der Waals surface area contributed by atoms with Gasteiger partial charge in [0.2, 0.25) is 0 Å². The molecule has 16 heavy (non-hydrogen) atoms. The van der Waals surface area contributed by atoms with Gasteiger partial charge in [-0.05, 0) is 31.7 Å². The second-order valence-electron chi connectivity index (χ2n) is 4.28. The molecule has 1 atom stereocenters. The van der Waals surface area contributed by atoms with Gasteiger partial charge in [-0.1, -0.05) is 24.3 Å². The Hall–Kier alpha value is -1.22. The molecule has 2 rings (SSSR count). The fourth-order valence-electron chi connectivity index (χ4n) is 2.06. The van der Waals surface area contributed by atoms with Crippen molar-refractivity contribution in [2.45, 2.75) is 31.8 Å². The van der Waals surface area contributed by atoms with E-state index in [2.05, 4.69) is 0 Å². The lowest BCUT2D eigenvalue weighted by Gasteiger charge is -2.28. The van der Waals surface area contributed by atoms with Crippen LogP contribution in [0.25, 0.3) is 0 Å². The zero-order chi connectivity index (χ0) is 11.8. The van der Waals surface area contributed by atoms with Gasteiger partial charge in [-0.2, -0.15) is 0 Å². The summed E-state index contributed by atoms with van der Waals surface area (Å²) in [5.74, 6) is -1.81. The fourth-order valence-corrected chi connectivity index (χ4v) is 2.06. The van der Waals surface area contributed by atoms with Gasteiger partial charge in [-0.3, -0.25) is 0 Å². The van der Waals surface area contributed by atoms with Gasteiger partial charge in [0.05, 0.1) is 0 Å². The molecule has 0 aliphatic heterocycles. The molecule has 0 radical (unpaired) electrons. The van der Waals surface area contributed by atoms with E-state index in [1.54, 1.807) is 12.2 Å². The average molecular weight is 224 g/mol. The van der Waals surface area contributed by atoms with E-state index in [0.717, 1.165) is 12.8 Å². The Kier molecular flexibility index (Phi) is 2.80. The van der Waals surface area contributed by atoms with E-state index in [1.807, 2.05) is 0 Å². The highest BCUT2D eigenvalue weighted by Crippen LogP contribution is 2.34. The maximum absolute atomic E-state index is 13.7. The lowest BCUT2D eigenvalue weighted by molar-refractivity contribution is 0.0679. The predicted octanol–water partition coefficient (Wildman–Crippen LogP) is 3.20. The van der Waals surface area contributed by atoms with Crippen LogP contribution in [0.1, 0.15) is 30.4 Å². The molecule has 1 aromatic carbocycles. The SMILES string of the molecule is Cc1ccc(C2(O)C=CCCC2)c(F)c1F. The second kappa shape index (κ2) is 3.98. The van der Waals surface area contributed by atoms with Gasteiger partial charge in [0, 0.05) is 5.56 Å². The number of aryl methyl sites for hydroxylation is 1. The number of rotatable bonds is 1. The number of allylic oxidation sites excluding steroid dienone is 1. The molecule has 0 amide bonds. The van der Waals surface area contributed by atoms with Crippen LogP contribution in [0, 0.1) is 18.6 Å². The van der Waals surface area contributed by atoms with Gasteiger partial charge >= 0.3 is 0 Å². The topological polar surface area (TPSA) is 20.2 Å². The zero-order valence-electron chi connectivity index (χ0n) is 9.13. The first kappa shape index (κ1) is 11.3. The summed E-state index contributed by atoms with van der Waals surface area (Å²) in [6, 6.07) is 2.96. The zero-order valence-corrected chi connectivity index (χ0v) is 9.13. The van der Waals surface area contributed by atoms with Crippen LogP contribution in [0.3, 0.4) is 0 Å². The smallest absolute Gasteiger partial charge is 0.165 e. The van der Waals surface area contributed by atoms with Crippen LogP contribution >= 0.6 is 0 Å². The first-order valence-electron chi connectivity index (χ1n) is 5.40. The standard InChI is InChI=1S/C13H14F2O/c1-9-5-6-10(12(15)11(9)14)13(16)7-3-2-4-8-13/h3,5-7,16H,2,4,8H2,1H3. The monoisotopic (exact) mass is 224 g/mol. The molecule has 0 aromatic heterocycles. The van der Waals surface area contributed by atoms with E-state index >= 15 is 0 Å². The Balaban J connectivity index is 2.52. The molecule has 1 N–H and O–H groups in total. The van der Waals surface area contributed by atoms with Crippen molar-refractivity contribution in [1.29, 1.82) is 0 Å². The van der Waals surface area contributed by atoms with Gasteiger partial charge in [-0.15, -0.1) is 0 Å². The van der Waals surface area contributed by atoms with E-state index in [0.29, 0.717) is 6.42 Å². The maximum atomic E-state index is 13.7. The van der Waals surface area contributed by atoms with Crippen molar-refractivity contribution < 1.29 is 13.9 Å². The lowest BCUT2D eigenvalue weighted by Crippen LogP contribution is -2.26. The summed E-state index contributed by atoms with van der Waals surface area (Å²) >= 11 is 0. The summed E-state index contributed by atoms with van der Waals surface area (Å²) in [6.45, 7) is 1.50. The van der Waals surface area contributed by atoms with E-state index in [4.69, 9.17) is 0 Å². The summed E-state index contributed by atoms with van der Waals surface area (Å²) in [7, 11) is 0. The lowest BCUT2D eigenvalue weighted by atomic mass is 9.84. The molecule has 1 aromatic rings. The highest BCUT2D eigenvalue weighted by molar-refractivity contribution is 5.33. The van der Waals surface area contributed by atoms with Crippen molar-refractivity contribution in [2.75, 3.05) is 0 Å². The van der Waals surface area contributed by atoms with Crippen molar-refractivity contribution in [3.63, 3.8) is 0 Å². The van der Waals surface area contributed by atoms with Crippen molar-refractivity contribution >= 4 is 0 Å². The van der Waals surface area contributed by atoms with E-state index in [1.165, 1.54) is 19.1 Å². The molecular weight excluding hydrogens is 210 g/mol. The largest absolute Gasteiger partial charge is 0.381 e. The molecule has 0 fully saturated rings. The summed E-state index contributed by atoms with van der Waals surface area (Å²) in [5.41, 5.74) is -1.06. The van der Waals surface area contributed by atoms with Gasteiger partial charge < -0.3 is 5.11 Å². The Morgan fingerprint density at radius 1 is 1.25 bits per heavy atom. The third-order valence-electron chi connectivity index (χ3n) is 3.06. The Morgan fingerprint density at radius 2 is 2.00 bits per heavy atom. The molecule has 1 unspecified atom stereocenters. The molecule has 0 heterocycles. The number of hydrogen-bond donors (Lipinski definition) is 1. The minimum absolute atomic E-state index is 0.0338. The molecule has 0 spiro atoms. The summed E-state index contributed by atoms with van der Waals surface area (Å²) < 4.78 is 27.1. The molecule has 0 saturated heterocycles. The highest BCUT2D eigenvalue weighted by atomic mass is 19.2. The van der Waals surface area contributed by atoms with Crippen LogP contribution in [0.15, 0.2) is 24.3 Å². The normalized spacial score (nSPS) is 24.8. The molecule has 3 heteroatoms. The van der Waals surface area contributed by atoms with E-state index in [-0.39, 0.29) is 11.1 Å². The Labute approximate surface area is 93.4 Å². The van der Waals surface area contributed by atoms with Crippen molar-refractivity contribution in [3.8, 4) is 0 Å². The molecule has 1 aliphatic carbocycles. The summed E-state index contributed by atoms with van der Waals surface area (Å²) in [5, 5.41) is 10.2. The molecular formula is C13H14F2O. The van der Waals surface area contributed by atoms with Gasteiger partial charge in [0.25, 0.3) is 0 Å². The van der Waals surface area contributed by atoms with Crippen LogP contribution in [-0.4, -0.2) is 5.11 Å². The van der Waals surface area contributed by atoms with Crippen molar-refractivity contribution in [1.82, 2.24) is 0 Å². The highest BCUT2D eigenvalue weighted by Gasteiger charge is 2.31. The Bertz CT molecular complexity index is 440. The minimum atomic E-state index is -1.35. The van der Waals surface area contributed by atoms with Crippen molar-refractivity contribution in [3.05, 3.63) is 47.0 Å². The van der Waals surface area contributed by atoms with Gasteiger partial charge in [0.1, 0.15) is 5.60 Å². The molecule has 0 bridgehead atoms. The first-order valence-corrected chi connectivity index (χ1v) is 5.40. The van der Waals surface area contributed by atoms with Crippen molar-refractivity contribution in [2.24, 2.45) is 0 Å². The third-order valence-corrected chi connectivity index (χ3v) is 3.06. The average Bonchev–Trinajstić information content (AvgIpc) is 2.27. The van der Waals surface area contributed by atoms with Crippen LogP contribution in [0.2, 0.25) is 0 Å². The second-order valence-corrected chi connectivity index (χ2v) is 4.28. The molecule has 86 valence electrons. The first-order chi connectivity index (χ1) is 7.54. The summed E-state index contributed by atoms with van der Waals surface area (Å²) in [6.07, 6.45) is 5.45. The molecule has 1 nitrogen and oxygen atoms in total. The number of aliphatic hydroxyl groups is 1. The predicted molar refractivity (Wildman–Crippen MR) is 58.0 cm³/mol. The summed E-state index contributed by atoms with van der Waals surface area (Å²) in [4.78, 5) is 0. The van der Waals surface area contributed by atoms with Crippen LogP contribution < -0.4 is 0 Å². The number of hydrogen-bond acceptors (Lipinski definition) is 1. The fraction of sp³-hybridized carbons (Fsp3) is 0.385. The van der Waals surface area contributed by atoms with E-state index < -0.39 is 17.2 Å². The minimum Gasteiger partial charge on any atom is -0.381 e. The maximum Gasteiger partial charge on any atom is 0.165 e. The molecule has 1 aliphatic rings. The quantitative estimate of drug-likeness (QED) is 0.726. The number of benzene rings is 1. The molecule has 0 saturated carbocycles. The van der Waals surface area contributed by atoms with Gasteiger partial charge in [-0.25, -0.2) is 8.78 Å². The number of halogens is 2. The van der Waals surface area contributed by atoms with Crippen LogP contribution in [0.5, 0.6) is 0 Å². The Morgan fingerprint density at radius 3 is 2.62 bits per heavy atom. The van der Waals surface area contributed by atoms with Crippen LogP contribution in [0.4, 0.5) is 8.78 Å². The third kappa shape index (κ3) is 1.76. The van der Waals surface area contributed by atoms with Crippen LogP contribution in [-0.2, 0) is 5.60 Å².